The van der Waals surface area contributed by atoms with Gasteiger partial charge in [-0.05, 0) is 0 Å². The van der Waals surface area contributed by atoms with E-state index in [0.717, 1.165) is 32.8 Å². The summed E-state index contributed by atoms with van der Waals surface area (Å²) in [7, 11) is 2.15. The molecule has 0 bridgehead atoms. The molecule has 142 valence electrons. The second-order valence-electron chi connectivity index (χ2n) is 6.99. The maximum absolute atomic E-state index is 6.43. The van der Waals surface area contributed by atoms with E-state index in [1.165, 1.54) is 18.8 Å². The van der Waals surface area contributed by atoms with Crippen LogP contribution in [-0.2, 0) is 37.5 Å². The Morgan fingerprint density at radius 2 is 1.67 bits per heavy atom. The third kappa shape index (κ3) is 6.55. The molecule has 2 aliphatic rings. The van der Waals surface area contributed by atoms with Crippen LogP contribution in [0.4, 0.5) is 0 Å². The van der Waals surface area contributed by atoms with Gasteiger partial charge in [0, 0.05) is 0 Å². The molecule has 0 saturated carbocycles. The van der Waals surface area contributed by atoms with Crippen molar-refractivity contribution in [1.82, 2.24) is 9.57 Å². The van der Waals surface area contributed by atoms with E-state index in [0.29, 0.717) is 13.2 Å². The molecule has 0 spiro atoms. The van der Waals surface area contributed by atoms with Crippen molar-refractivity contribution in [2.24, 2.45) is 0 Å². The summed E-state index contributed by atoms with van der Waals surface area (Å²) in [5.74, 6) is 0. The maximum atomic E-state index is 6.43. The van der Waals surface area contributed by atoms with Crippen molar-refractivity contribution in [3.63, 3.8) is 0 Å². The van der Waals surface area contributed by atoms with Crippen molar-refractivity contribution in [3.8, 4) is 0 Å². The Morgan fingerprint density at radius 1 is 1.04 bits per heavy atom. The first-order valence-electron chi connectivity index (χ1n) is 8.84. The zero-order valence-corrected chi connectivity index (χ0v) is 19.5. The normalized spacial score (nSPS) is 35.7. The fourth-order valence-electron chi connectivity index (χ4n) is 3.33. The Balaban J connectivity index is 1.87. The second-order valence-corrected chi connectivity index (χ2v) is 16.7. The summed E-state index contributed by atoms with van der Waals surface area (Å²) in [6, 6.07) is 0. The molecule has 8 heteroatoms. The molecular weight excluding hydrogens is 499 g/mol. The Bertz CT molecular complexity index is 432. The van der Waals surface area contributed by atoms with Crippen LogP contribution in [0.5, 0.6) is 0 Å². The van der Waals surface area contributed by atoms with Crippen LogP contribution in [0.25, 0.3) is 0 Å². The minimum atomic E-state index is -1.55. The van der Waals surface area contributed by atoms with Crippen LogP contribution in [0.2, 0.25) is 0 Å². The van der Waals surface area contributed by atoms with Crippen molar-refractivity contribution in [1.29, 1.82) is 0 Å². The van der Waals surface area contributed by atoms with E-state index in [-0.39, 0.29) is 24.4 Å². The summed E-state index contributed by atoms with van der Waals surface area (Å²) in [6.07, 6.45) is 0.830. The number of hydrogen-bond donors (Lipinski definition) is 0. The van der Waals surface area contributed by atoms with Crippen molar-refractivity contribution >= 4 is 5.27 Å². The average molecular weight is 532 g/mol. The summed E-state index contributed by atoms with van der Waals surface area (Å²) in [6.45, 7) is 14.5. The molecule has 2 aliphatic heterocycles. The molecule has 0 aromatic rings. The molecule has 0 aromatic heterocycles. The summed E-state index contributed by atoms with van der Waals surface area (Å²) in [5, 5.41) is -1.55. The Morgan fingerprint density at radius 3 is 2.29 bits per heavy atom. The average Bonchev–Trinajstić information content (AvgIpc) is 2.50. The van der Waals surface area contributed by atoms with Gasteiger partial charge in [0.1, 0.15) is 0 Å². The molecule has 24 heavy (non-hydrogen) atoms. The van der Waals surface area contributed by atoms with Crippen LogP contribution in [0.3, 0.4) is 0 Å². The van der Waals surface area contributed by atoms with Gasteiger partial charge in [-0.2, -0.15) is 0 Å². The molecule has 2 saturated heterocycles. The van der Waals surface area contributed by atoms with E-state index in [2.05, 4.69) is 37.1 Å². The van der Waals surface area contributed by atoms with Gasteiger partial charge in [0.25, 0.3) is 0 Å². The number of nitrogens with zero attached hydrogens (tertiary/aromatic N) is 2. The Labute approximate surface area is 157 Å². The molecule has 0 N–H and O–H groups in total. The molecule has 2 heterocycles. The predicted molar refractivity (Wildman–Crippen MR) is 93.0 cm³/mol. The van der Waals surface area contributed by atoms with E-state index in [4.69, 9.17) is 18.7 Å². The molecule has 0 radical (unpaired) electrons. The number of likely N-dealkylation sites (N-methyl/N-ethyl adjacent to an activating group) is 1. The molecule has 0 aliphatic carbocycles. The standard InChI is InChI=1S/C16H33N2O4P.W/c1-6-19-11-16-10-18(8-14(3)22-16)23(5)20-12-15-9-17(4)7-13(2)21-15;/h13-16H,6-12H2,1-5H3;. The fourth-order valence-corrected chi connectivity index (χ4v) is 7.03. The SMILES string of the molecule is CCOCC1CN([P](C)(=[W])OCC2CN(C)CC(C)O2)CC(C)O1. The van der Waals surface area contributed by atoms with E-state index >= 15 is 0 Å². The van der Waals surface area contributed by atoms with Gasteiger partial charge in [-0.25, -0.2) is 0 Å². The van der Waals surface area contributed by atoms with Gasteiger partial charge in [0.2, 0.25) is 0 Å². The zero-order chi connectivity index (χ0) is 17.7. The quantitative estimate of drug-likeness (QED) is 0.467. The van der Waals surface area contributed by atoms with Crippen molar-refractivity contribution in [3.05, 3.63) is 0 Å². The number of morpholine rings is 2. The van der Waals surface area contributed by atoms with Crippen LogP contribution in [-0.4, -0.2) is 93.7 Å². The molecule has 5 atom stereocenters. The monoisotopic (exact) mass is 532 g/mol. The zero-order valence-electron chi connectivity index (χ0n) is 15.6. The van der Waals surface area contributed by atoms with E-state index in [1.807, 2.05) is 6.92 Å². The van der Waals surface area contributed by atoms with Gasteiger partial charge in [0.15, 0.2) is 0 Å². The van der Waals surface area contributed by atoms with E-state index in [1.54, 1.807) is 0 Å². The van der Waals surface area contributed by atoms with Crippen LogP contribution < -0.4 is 0 Å². The first kappa shape index (κ1) is 21.2. The summed E-state index contributed by atoms with van der Waals surface area (Å²) in [5.41, 5.74) is 0. The second kappa shape index (κ2) is 9.71. The first-order chi connectivity index (χ1) is 11.3. The van der Waals surface area contributed by atoms with Crippen LogP contribution in [0, 0.1) is 0 Å². The Hall–Kier alpha value is 0.878. The number of rotatable bonds is 7. The van der Waals surface area contributed by atoms with Crippen LogP contribution in [0.15, 0.2) is 0 Å². The van der Waals surface area contributed by atoms with Crippen LogP contribution in [0.1, 0.15) is 20.8 Å². The molecule has 6 nitrogen and oxygen atoms in total. The van der Waals surface area contributed by atoms with Gasteiger partial charge in [-0.3, -0.25) is 0 Å². The third-order valence-electron chi connectivity index (χ3n) is 4.34. The Kier molecular flexibility index (Phi) is 8.57. The van der Waals surface area contributed by atoms with Gasteiger partial charge < -0.3 is 0 Å². The fraction of sp³-hybridized carbons (Fsp3) is 1.00. The molecule has 0 amide bonds. The molecular formula is C16H33N2O4PW. The molecule has 0 aromatic carbocycles. The van der Waals surface area contributed by atoms with E-state index in [9.17, 15) is 0 Å². The van der Waals surface area contributed by atoms with Gasteiger partial charge in [0.05, 0.1) is 0 Å². The predicted octanol–water partition coefficient (Wildman–Crippen LogP) is 1.79. The van der Waals surface area contributed by atoms with Gasteiger partial charge in [-0.15, -0.1) is 0 Å². The first-order valence-corrected chi connectivity index (χ1v) is 14.8. The third-order valence-corrected chi connectivity index (χ3v) is 9.94. The van der Waals surface area contributed by atoms with Crippen LogP contribution >= 0.6 is 5.27 Å². The molecule has 2 fully saturated rings. The number of hydrogen-bond acceptors (Lipinski definition) is 6. The number of ether oxygens (including phenoxy) is 3. The molecule has 2 rings (SSSR count). The molecule has 5 unspecified atom stereocenters. The summed E-state index contributed by atoms with van der Waals surface area (Å²) < 4.78 is 26.5. The van der Waals surface area contributed by atoms with Gasteiger partial charge >= 0.3 is 157 Å². The van der Waals surface area contributed by atoms with Crippen molar-refractivity contribution in [2.45, 2.75) is 45.2 Å². The summed E-state index contributed by atoms with van der Waals surface area (Å²) >= 11 is 1.53. The van der Waals surface area contributed by atoms with Crippen molar-refractivity contribution in [2.75, 3.05) is 59.7 Å². The van der Waals surface area contributed by atoms with Gasteiger partial charge in [-0.1, -0.05) is 0 Å². The summed E-state index contributed by atoms with van der Waals surface area (Å²) in [4.78, 5) is 2.33. The topological polar surface area (TPSA) is 43.4 Å². The van der Waals surface area contributed by atoms with Crippen molar-refractivity contribution < 1.29 is 37.5 Å². The minimum absolute atomic E-state index is 0.146. The van der Waals surface area contributed by atoms with E-state index < -0.39 is 5.27 Å².